The van der Waals surface area contributed by atoms with Gasteiger partial charge in [-0.25, -0.2) is 9.67 Å². The number of hydrogen-bond donors (Lipinski definition) is 1. The van der Waals surface area contributed by atoms with Gasteiger partial charge in [0.1, 0.15) is 18.4 Å². The summed E-state index contributed by atoms with van der Waals surface area (Å²) in [7, 11) is 3.84. The molecule has 0 radical (unpaired) electrons. The number of piperidine rings is 1. The Kier molecular flexibility index (Phi) is 6.09. The second-order valence-electron chi connectivity index (χ2n) is 7.70. The van der Waals surface area contributed by atoms with Gasteiger partial charge in [-0.15, -0.1) is 0 Å². The Balaban J connectivity index is 1.42. The summed E-state index contributed by atoms with van der Waals surface area (Å²) in [6.45, 7) is 1.70. The number of benzene rings is 2. The van der Waals surface area contributed by atoms with Gasteiger partial charge in [0.25, 0.3) is 5.91 Å². The molecule has 2 atom stereocenters. The Bertz CT molecular complexity index is 954. The van der Waals surface area contributed by atoms with Crippen molar-refractivity contribution in [3.8, 4) is 11.4 Å². The molecule has 1 aliphatic rings. The Hall–Kier alpha value is -3.19. The molecule has 1 aromatic heterocycles. The van der Waals surface area contributed by atoms with Gasteiger partial charge in [-0.3, -0.25) is 9.69 Å². The molecule has 0 bridgehead atoms. The number of likely N-dealkylation sites (tertiary alicyclic amines) is 1. The van der Waals surface area contributed by atoms with E-state index in [0.29, 0.717) is 18.0 Å². The zero-order valence-corrected chi connectivity index (χ0v) is 17.4. The van der Waals surface area contributed by atoms with Crippen molar-refractivity contribution in [3.63, 3.8) is 0 Å². The molecule has 2 unspecified atom stereocenters. The van der Waals surface area contributed by atoms with Crippen molar-refractivity contribution in [2.24, 2.45) is 5.92 Å². The van der Waals surface area contributed by atoms with Crippen LogP contribution in [0.15, 0.2) is 61.2 Å². The molecule has 2 aromatic carbocycles. The average Bonchev–Trinajstić information content (AvgIpc) is 3.33. The second kappa shape index (κ2) is 9.09. The van der Waals surface area contributed by atoms with Crippen LogP contribution in [0, 0.1) is 5.92 Å². The monoisotopic (exact) mass is 405 g/mol. The summed E-state index contributed by atoms with van der Waals surface area (Å²) < 4.78 is 6.96. The standard InChI is InChI=1S/C23H27N5O2/c1-27-13-3-4-19(22(27)17-7-11-21(30-2)12-8-17)14-25-23(29)18-5-9-20(10-6-18)28-16-24-15-26-28/h5-12,15-16,19,22H,3-4,13-14H2,1-2H3,(H,25,29). The lowest BCUT2D eigenvalue weighted by Gasteiger charge is -2.39. The van der Waals surface area contributed by atoms with Crippen molar-refractivity contribution in [2.75, 3.05) is 27.2 Å². The Morgan fingerprint density at radius 3 is 2.60 bits per heavy atom. The number of nitrogens with one attached hydrogen (secondary N) is 1. The van der Waals surface area contributed by atoms with Crippen LogP contribution in [0.3, 0.4) is 0 Å². The predicted molar refractivity (Wildman–Crippen MR) is 115 cm³/mol. The lowest BCUT2D eigenvalue weighted by Crippen LogP contribution is -2.41. The Morgan fingerprint density at radius 1 is 1.17 bits per heavy atom. The van der Waals surface area contributed by atoms with Crippen molar-refractivity contribution in [2.45, 2.75) is 18.9 Å². The molecule has 1 saturated heterocycles. The van der Waals surface area contributed by atoms with Crippen LogP contribution < -0.4 is 10.1 Å². The maximum absolute atomic E-state index is 12.7. The minimum Gasteiger partial charge on any atom is -0.497 e. The lowest BCUT2D eigenvalue weighted by molar-refractivity contribution is 0.0891. The molecule has 1 amide bonds. The molecule has 3 aromatic rings. The summed E-state index contributed by atoms with van der Waals surface area (Å²) >= 11 is 0. The van der Waals surface area contributed by atoms with Gasteiger partial charge in [0.05, 0.1) is 12.8 Å². The highest BCUT2D eigenvalue weighted by atomic mass is 16.5. The van der Waals surface area contributed by atoms with E-state index in [2.05, 4.69) is 39.5 Å². The van der Waals surface area contributed by atoms with Crippen molar-refractivity contribution < 1.29 is 9.53 Å². The molecular weight excluding hydrogens is 378 g/mol. The van der Waals surface area contributed by atoms with Gasteiger partial charge in [-0.05, 0) is 74.3 Å². The van der Waals surface area contributed by atoms with E-state index in [1.54, 1.807) is 18.1 Å². The number of aromatic nitrogens is 3. The molecule has 156 valence electrons. The Morgan fingerprint density at radius 2 is 1.93 bits per heavy atom. The van der Waals surface area contributed by atoms with Crippen molar-refractivity contribution >= 4 is 5.91 Å². The maximum Gasteiger partial charge on any atom is 0.251 e. The highest BCUT2D eigenvalue weighted by molar-refractivity contribution is 5.94. The molecular formula is C23H27N5O2. The number of ether oxygens (including phenoxy) is 1. The predicted octanol–water partition coefficient (Wildman–Crippen LogP) is 3.09. The summed E-state index contributed by atoms with van der Waals surface area (Å²) in [5.41, 5.74) is 2.77. The third kappa shape index (κ3) is 4.36. The topological polar surface area (TPSA) is 72.3 Å². The first kappa shape index (κ1) is 20.1. The first-order valence-corrected chi connectivity index (χ1v) is 10.2. The highest BCUT2D eigenvalue weighted by Gasteiger charge is 2.30. The summed E-state index contributed by atoms with van der Waals surface area (Å²) in [4.78, 5) is 19.0. The van der Waals surface area contributed by atoms with E-state index < -0.39 is 0 Å². The molecule has 7 nitrogen and oxygen atoms in total. The molecule has 1 aliphatic heterocycles. The third-order valence-corrected chi connectivity index (χ3v) is 5.80. The molecule has 1 fully saturated rings. The van der Waals surface area contributed by atoms with E-state index >= 15 is 0 Å². The number of carbonyl (C=O) groups is 1. The van der Waals surface area contributed by atoms with Gasteiger partial charge in [-0.2, -0.15) is 5.10 Å². The fourth-order valence-electron chi connectivity index (χ4n) is 4.23. The SMILES string of the molecule is COc1ccc(C2C(CNC(=O)c3ccc(-n4cncn4)cc3)CCCN2C)cc1. The van der Waals surface area contributed by atoms with Crippen LogP contribution in [0.2, 0.25) is 0 Å². The summed E-state index contributed by atoms with van der Waals surface area (Å²) in [5, 5.41) is 7.25. The molecule has 4 rings (SSSR count). The van der Waals surface area contributed by atoms with Crippen molar-refractivity contribution in [1.82, 2.24) is 25.0 Å². The van der Waals surface area contributed by atoms with Gasteiger partial charge in [-0.1, -0.05) is 12.1 Å². The van der Waals surface area contributed by atoms with Crippen LogP contribution in [0.1, 0.15) is 34.8 Å². The lowest BCUT2D eigenvalue weighted by atomic mass is 9.85. The second-order valence-corrected chi connectivity index (χ2v) is 7.70. The molecule has 0 saturated carbocycles. The first-order chi connectivity index (χ1) is 14.7. The van der Waals surface area contributed by atoms with Crippen molar-refractivity contribution in [1.29, 1.82) is 0 Å². The quantitative estimate of drug-likeness (QED) is 0.682. The van der Waals surface area contributed by atoms with E-state index in [1.807, 2.05) is 36.4 Å². The third-order valence-electron chi connectivity index (χ3n) is 5.80. The molecule has 7 heteroatoms. The fraction of sp³-hybridized carbons (Fsp3) is 0.348. The van der Waals surface area contributed by atoms with Crippen LogP contribution in [-0.4, -0.2) is 52.8 Å². The van der Waals surface area contributed by atoms with Crippen LogP contribution in [0.5, 0.6) is 5.75 Å². The summed E-state index contributed by atoms with van der Waals surface area (Å²) in [5.74, 6) is 1.16. The maximum atomic E-state index is 12.7. The van der Waals surface area contributed by atoms with E-state index in [0.717, 1.165) is 30.8 Å². The van der Waals surface area contributed by atoms with Crippen LogP contribution >= 0.6 is 0 Å². The first-order valence-electron chi connectivity index (χ1n) is 10.2. The molecule has 0 spiro atoms. The number of rotatable bonds is 6. The minimum atomic E-state index is -0.0538. The normalized spacial score (nSPS) is 19.4. The molecule has 30 heavy (non-hydrogen) atoms. The number of carbonyl (C=O) groups excluding carboxylic acids is 1. The van der Waals surface area contributed by atoms with Crippen LogP contribution in [0.4, 0.5) is 0 Å². The highest BCUT2D eigenvalue weighted by Crippen LogP contribution is 2.35. The summed E-state index contributed by atoms with van der Waals surface area (Å²) in [6, 6.07) is 15.9. The summed E-state index contributed by atoms with van der Waals surface area (Å²) in [6.07, 6.45) is 5.35. The smallest absolute Gasteiger partial charge is 0.251 e. The molecule has 2 heterocycles. The Labute approximate surface area is 176 Å². The van der Waals surface area contributed by atoms with Crippen molar-refractivity contribution in [3.05, 3.63) is 72.3 Å². The van der Waals surface area contributed by atoms with Gasteiger partial charge in [0, 0.05) is 18.2 Å². The molecule has 1 N–H and O–H groups in total. The van der Waals surface area contributed by atoms with Gasteiger partial charge < -0.3 is 10.1 Å². The zero-order valence-electron chi connectivity index (χ0n) is 17.4. The number of amides is 1. The number of methoxy groups -OCH3 is 1. The van der Waals surface area contributed by atoms with E-state index in [9.17, 15) is 4.79 Å². The minimum absolute atomic E-state index is 0.0538. The van der Waals surface area contributed by atoms with E-state index in [-0.39, 0.29) is 11.9 Å². The van der Waals surface area contributed by atoms with Crippen LogP contribution in [0.25, 0.3) is 5.69 Å². The van der Waals surface area contributed by atoms with E-state index in [1.165, 1.54) is 11.9 Å². The largest absolute Gasteiger partial charge is 0.497 e. The number of nitrogens with zero attached hydrogens (tertiary/aromatic N) is 4. The fourth-order valence-corrected chi connectivity index (χ4v) is 4.23. The van der Waals surface area contributed by atoms with Gasteiger partial charge in [0.15, 0.2) is 0 Å². The van der Waals surface area contributed by atoms with Gasteiger partial charge >= 0.3 is 0 Å². The molecule has 0 aliphatic carbocycles. The van der Waals surface area contributed by atoms with E-state index in [4.69, 9.17) is 4.74 Å². The number of hydrogen-bond acceptors (Lipinski definition) is 5. The van der Waals surface area contributed by atoms with Gasteiger partial charge in [0.2, 0.25) is 0 Å². The zero-order chi connectivity index (χ0) is 20.9. The average molecular weight is 406 g/mol. The van der Waals surface area contributed by atoms with Crippen LogP contribution in [-0.2, 0) is 0 Å².